The molecule has 1 N–H and O–H groups in total. The summed E-state index contributed by atoms with van der Waals surface area (Å²) >= 11 is 13.7. The number of hydrogen-bond acceptors (Lipinski definition) is 3. The molecule has 0 spiro atoms. The molecule has 1 aromatic heterocycles. The molecule has 0 amide bonds. The molecule has 0 unspecified atom stereocenters. The lowest BCUT2D eigenvalue weighted by Crippen LogP contribution is -2.13. The lowest BCUT2D eigenvalue weighted by Gasteiger charge is -2.05. The van der Waals surface area contributed by atoms with Crippen molar-refractivity contribution in [1.82, 2.24) is 10.3 Å². The van der Waals surface area contributed by atoms with Gasteiger partial charge < -0.3 is 5.32 Å². The highest BCUT2D eigenvalue weighted by Crippen LogP contribution is 2.27. The van der Waals surface area contributed by atoms with Crippen LogP contribution in [0.5, 0.6) is 0 Å². The maximum absolute atomic E-state index is 6.03. The Morgan fingerprint density at radius 3 is 2.95 bits per heavy atom. The van der Waals surface area contributed by atoms with Crippen molar-refractivity contribution in [3.8, 4) is 0 Å². The molecule has 3 rings (SSSR count). The van der Waals surface area contributed by atoms with E-state index in [-0.39, 0.29) is 0 Å². The van der Waals surface area contributed by atoms with Crippen molar-refractivity contribution < 1.29 is 0 Å². The van der Waals surface area contributed by atoms with Crippen molar-refractivity contribution in [2.24, 2.45) is 0 Å². The van der Waals surface area contributed by atoms with Gasteiger partial charge in [-0.25, -0.2) is 4.98 Å². The van der Waals surface area contributed by atoms with Gasteiger partial charge in [-0.1, -0.05) is 29.3 Å². The first-order valence-corrected chi connectivity index (χ1v) is 7.97. The van der Waals surface area contributed by atoms with Crippen LogP contribution in [-0.4, -0.2) is 11.5 Å². The van der Waals surface area contributed by atoms with Crippen molar-refractivity contribution >= 4 is 34.5 Å². The van der Waals surface area contributed by atoms with Crippen LogP contribution in [0.3, 0.4) is 0 Å². The van der Waals surface area contributed by atoms with E-state index in [0.29, 0.717) is 16.1 Å². The van der Waals surface area contributed by atoms with Gasteiger partial charge in [-0.15, -0.1) is 11.3 Å². The van der Waals surface area contributed by atoms with Crippen molar-refractivity contribution in [1.29, 1.82) is 0 Å². The van der Waals surface area contributed by atoms with E-state index in [1.165, 1.54) is 18.5 Å². The molecule has 19 heavy (non-hydrogen) atoms. The van der Waals surface area contributed by atoms with Gasteiger partial charge in [0.1, 0.15) is 0 Å². The Balaban J connectivity index is 1.74. The fraction of sp³-hybridized carbons (Fsp3) is 0.357. The molecule has 1 aliphatic rings. The Hall–Kier alpha value is -0.610. The number of hydrogen-bond donors (Lipinski definition) is 1. The molecule has 1 saturated heterocycles. The van der Waals surface area contributed by atoms with Gasteiger partial charge in [0.2, 0.25) is 0 Å². The first kappa shape index (κ1) is 13.4. The molecule has 5 heteroatoms. The topological polar surface area (TPSA) is 24.9 Å². The third-order valence-electron chi connectivity index (χ3n) is 3.33. The first-order chi connectivity index (χ1) is 9.22. The summed E-state index contributed by atoms with van der Waals surface area (Å²) in [6, 6.07) is 6.20. The van der Waals surface area contributed by atoms with E-state index in [2.05, 4.69) is 10.7 Å². The van der Waals surface area contributed by atoms with Gasteiger partial charge in [0.05, 0.1) is 26.8 Å². The quantitative estimate of drug-likeness (QED) is 0.904. The fourth-order valence-electron chi connectivity index (χ4n) is 2.33. The molecule has 1 atom stereocenters. The van der Waals surface area contributed by atoms with Crippen LogP contribution in [0.15, 0.2) is 23.6 Å². The molecule has 0 bridgehead atoms. The monoisotopic (exact) mass is 312 g/mol. The van der Waals surface area contributed by atoms with Crippen LogP contribution in [0.25, 0.3) is 0 Å². The zero-order chi connectivity index (χ0) is 13.2. The fourth-order valence-corrected chi connectivity index (χ4v) is 3.53. The number of benzene rings is 1. The summed E-state index contributed by atoms with van der Waals surface area (Å²) in [5, 5.41) is 7.96. The SMILES string of the molecule is Clc1ccc(Cc2nc([C@@H]3CCCN3)cs2)cc1Cl. The summed E-state index contributed by atoms with van der Waals surface area (Å²) in [5.41, 5.74) is 2.33. The largest absolute Gasteiger partial charge is 0.309 e. The van der Waals surface area contributed by atoms with E-state index < -0.39 is 0 Å². The minimum Gasteiger partial charge on any atom is -0.309 e. The van der Waals surface area contributed by atoms with Gasteiger partial charge in [-0.05, 0) is 37.1 Å². The third-order valence-corrected chi connectivity index (χ3v) is 4.93. The van der Waals surface area contributed by atoms with E-state index in [9.17, 15) is 0 Å². The molecule has 2 nitrogen and oxygen atoms in total. The van der Waals surface area contributed by atoms with Crippen LogP contribution >= 0.6 is 34.5 Å². The summed E-state index contributed by atoms with van der Waals surface area (Å²) in [5.74, 6) is 0. The second kappa shape index (κ2) is 5.80. The molecule has 0 aliphatic carbocycles. The molecule has 2 heterocycles. The Kier molecular flexibility index (Phi) is 4.08. The maximum atomic E-state index is 6.03. The summed E-state index contributed by atoms with van der Waals surface area (Å²) < 4.78 is 0. The number of aromatic nitrogens is 1. The number of halogens is 2. The Morgan fingerprint density at radius 2 is 2.21 bits per heavy atom. The summed E-state index contributed by atoms with van der Waals surface area (Å²) in [6.45, 7) is 1.10. The molecule has 0 radical (unpaired) electrons. The summed E-state index contributed by atoms with van der Waals surface area (Å²) in [4.78, 5) is 4.72. The zero-order valence-corrected chi connectivity index (χ0v) is 12.7. The van der Waals surface area contributed by atoms with Crippen LogP contribution in [-0.2, 0) is 6.42 Å². The minimum atomic E-state index is 0.443. The lowest BCUT2D eigenvalue weighted by atomic mass is 10.1. The lowest BCUT2D eigenvalue weighted by molar-refractivity contribution is 0.630. The number of thiazole rings is 1. The van der Waals surface area contributed by atoms with Gasteiger partial charge >= 0.3 is 0 Å². The van der Waals surface area contributed by atoms with Gasteiger partial charge in [-0.3, -0.25) is 0 Å². The van der Waals surface area contributed by atoms with E-state index >= 15 is 0 Å². The highest BCUT2D eigenvalue weighted by molar-refractivity contribution is 7.09. The molecular formula is C14H14Cl2N2S. The predicted octanol–water partition coefficient (Wildman–Crippen LogP) is 4.47. The first-order valence-electron chi connectivity index (χ1n) is 6.34. The summed E-state index contributed by atoms with van der Waals surface area (Å²) in [6.07, 6.45) is 3.24. The molecule has 0 saturated carbocycles. The Bertz CT molecular complexity index is 577. The average Bonchev–Trinajstić information content (AvgIpc) is 3.04. The van der Waals surface area contributed by atoms with E-state index in [0.717, 1.165) is 23.5 Å². The van der Waals surface area contributed by atoms with Gasteiger partial charge in [-0.2, -0.15) is 0 Å². The van der Waals surface area contributed by atoms with Crippen LogP contribution in [0.1, 0.15) is 35.1 Å². The second-order valence-corrected chi connectivity index (χ2v) is 6.50. The molecule has 100 valence electrons. The van der Waals surface area contributed by atoms with E-state index in [1.807, 2.05) is 18.2 Å². The Labute approximate surface area is 126 Å². The highest BCUT2D eigenvalue weighted by atomic mass is 35.5. The minimum absolute atomic E-state index is 0.443. The average molecular weight is 313 g/mol. The second-order valence-electron chi connectivity index (χ2n) is 4.74. The van der Waals surface area contributed by atoms with Gasteiger partial charge in [0.15, 0.2) is 0 Å². The molecule has 2 aromatic rings. The van der Waals surface area contributed by atoms with Gasteiger partial charge in [0.25, 0.3) is 0 Å². The number of rotatable bonds is 3. The van der Waals surface area contributed by atoms with Crippen LogP contribution in [0, 0.1) is 0 Å². The van der Waals surface area contributed by atoms with Crippen molar-refractivity contribution in [3.63, 3.8) is 0 Å². The molecule has 1 aliphatic heterocycles. The number of nitrogens with zero attached hydrogens (tertiary/aromatic N) is 1. The van der Waals surface area contributed by atoms with Crippen LogP contribution in [0.2, 0.25) is 10.0 Å². The van der Waals surface area contributed by atoms with Crippen LogP contribution < -0.4 is 5.32 Å². The zero-order valence-electron chi connectivity index (χ0n) is 10.3. The van der Waals surface area contributed by atoms with Gasteiger partial charge in [0, 0.05) is 11.8 Å². The van der Waals surface area contributed by atoms with E-state index in [4.69, 9.17) is 28.2 Å². The van der Waals surface area contributed by atoms with Crippen molar-refractivity contribution in [3.05, 3.63) is 49.9 Å². The molecule has 1 aromatic carbocycles. The van der Waals surface area contributed by atoms with Crippen molar-refractivity contribution in [2.45, 2.75) is 25.3 Å². The highest BCUT2D eigenvalue weighted by Gasteiger charge is 2.18. The number of nitrogens with one attached hydrogen (secondary N) is 1. The smallest absolute Gasteiger partial charge is 0.0972 e. The Morgan fingerprint density at radius 1 is 1.32 bits per heavy atom. The van der Waals surface area contributed by atoms with E-state index in [1.54, 1.807) is 11.3 Å². The summed E-state index contributed by atoms with van der Waals surface area (Å²) in [7, 11) is 0. The normalized spacial score (nSPS) is 18.9. The molecular weight excluding hydrogens is 299 g/mol. The molecule has 1 fully saturated rings. The predicted molar refractivity (Wildman–Crippen MR) is 81.4 cm³/mol. The third kappa shape index (κ3) is 3.11. The maximum Gasteiger partial charge on any atom is 0.0972 e. The van der Waals surface area contributed by atoms with Crippen LogP contribution in [0.4, 0.5) is 0 Å². The van der Waals surface area contributed by atoms with Crippen molar-refractivity contribution in [2.75, 3.05) is 6.54 Å². The standard InChI is InChI=1S/C14H14Cl2N2S/c15-10-4-3-9(6-11(10)16)7-14-18-13(8-19-14)12-2-1-5-17-12/h3-4,6,8,12,17H,1-2,5,7H2/t12-/m0/s1.